The lowest BCUT2D eigenvalue weighted by Gasteiger charge is -2.21. The Hall–Kier alpha value is -1.06. The van der Waals surface area contributed by atoms with Crippen LogP contribution in [0.2, 0.25) is 0 Å². The van der Waals surface area contributed by atoms with Gasteiger partial charge in [0, 0.05) is 19.1 Å². The Morgan fingerprint density at radius 1 is 1.26 bits per heavy atom. The van der Waals surface area contributed by atoms with E-state index in [0.29, 0.717) is 12.0 Å². The average molecular weight is 263 g/mol. The molecular formula is C16H25NO2. The van der Waals surface area contributed by atoms with E-state index in [1.54, 1.807) is 0 Å². The van der Waals surface area contributed by atoms with Crippen LogP contribution in [0.4, 0.5) is 0 Å². The molecule has 1 aromatic carbocycles. The molecular weight excluding hydrogens is 238 g/mol. The van der Waals surface area contributed by atoms with E-state index in [-0.39, 0.29) is 6.61 Å². The lowest BCUT2D eigenvalue weighted by Crippen LogP contribution is -2.28. The number of aliphatic hydroxyl groups is 1. The van der Waals surface area contributed by atoms with E-state index in [1.165, 1.54) is 18.4 Å². The van der Waals surface area contributed by atoms with Gasteiger partial charge >= 0.3 is 0 Å². The monoisotopic (exact) mass is 263 g/mol. The molecule has 106 valence electrons. The molecule has 1 aliphatic rings. The van der Waals surface area contributed by atoms with Gasteiger partial charge in [0.2, 0.25) is 0 Å². The van der Waals surface area contributed by atoms with E-state index >= 15 is 0 Å². The Morgan fingerprint density at radius 2 is 1.95 bits per heavy atom. The van der Waals surface area contributed by atoms with Crippen molar-refractivity contribution in [1.29, 1.82) is 0 Å². The molecule has 1 aromatic rings. The molecule has 0 aliphatic heterocycles. The van der Waals surface area contributed by atoms with Crippen LogP contribution in [0.15, 0.2) is 24.3 Å². The average Bonchev–Trinajstić information content (AvgIpc) is 3.21. The zero-order valence-corrected chi connectivity index (χ0v) is 12.0. The van der Waals surface area contributed by atoms with Crippen molar-refractivity contribution in [3.05, 3.63) is 29.8 Å². The van der Waals surface area contributed by atoms with Gasteiger partial charge in [0.15, 0.2) is 0 Å². The van der Waals surface area contributed by atoms with E-state index < -0.39 is 0 Å². The molecule has 0 spiro atoms. The summed E-state index contributed by atoms with van der Waals surface area (Å²) in [4.78, 5) is 2.37. The summed E-state index contributed by atoms with van der Waals surface area (Å²) in [5.74, 6) is 1.49. The topological polar surface area (TPSA) is 32.7 Å². The van der Waals surface area contributed by atoms with Crippen LogP contribution >= 0.6 is 0 Å². The van der Waals surface area contributed by atoms with Gasteiger partial charge in [0.1, 0.15) is 5.75 Å². The molecule has 0 bridgehead atoms. The molecule has 3 nitrogen and oxygen atoms in total. The molecule has 0 radical (unpaired) electrons. The van der Waals surface area contributed by atoms with Gasteiger partial charge in [-0.15, -0.1) is 0 Å². The Morgan fingerprint density at radius 3 is 2.47 bits per heavy atom. The summed E-state index contributed by atoms with van der Waals surface area (Å²) in [5, 5.41) is 9.10. The van der Waals surface area contributed by atoms with Gasteiger partial charge in [-0.05, 0) is 36.5 Å². The first-order valence-electron chi connectivity index (χ1n) is 7.25. The molecule has 0 unspecified atom stereocenters. The number of hydrogen-bond acceptors (Lipinski definition) is 3. The number of ether oxygens (including phenoxy) is 1. The molecule has 0 atom stereocenters. The third-order valence-corrected chi connectivity index (χ3v) is 3.34. The number of hydrogen-bond donors (Lipinski definition) is 1. The molecule has 0 saturated heterocycles. The smallest absolute Gasteiger partial charge is 0.119 e. The van der Waals surface area contributed by atoms with E-state index in [2.05, 4.69) is 30.9 Å². The first kappa shape index (κ1) is 14.4. The Balaban J connectivity index is 1.86. The van der Waals surface area contributed by atoms with E-state index in [0.717, 1.165) is 25.4 Å². The van der Waals surface area contributed by atoms with Crippen molar-refractivity contribution in [2.24, 2.45) is 5.92 Å². The highest BCUT2D eigenvalue weighted by molar-refractivity contribution is 5.27. The van der Waals surface area contributed by atoms with E-state index in [1.807, 2.05) is 12.1 Å². The maximum Gasteiger partial charge on any atom is 0.119 e. The standard InChI is InChI=1S/C16H25NO2/c1-13(2)12-19-16-7-3-14(4-8-16)11-17(9-10-18)15-5-6-15/h3-4,7-8,13,15,18H,5-6,9-12H2,1-2H3. The zero-order valence-electron chi connectivity index (χ0n) is 12.0. The lowest BCUT2D eigenvalue weighted by atomic mass is 10.2. The number of benzene rings is 1. The van der Waals surface area contributed by atoms with Crippen LogP contribution in [0, 0.1) is 5.92 Å². The first-order chi connectivity index (χ1) is 9.19. The highest BCUT2D eigenvalue weighted by Crippen LogP contribution is 2.28. The van der Waals surface area contributed by atoms with Crippen molar-refractivity contribution in [2.45, 2.75) is 39.3 Å². The minimum atomic E-state index is 0.242. The molecule has 1 fully saturated rings. The van der Waals surface area contributed by atoms with Crippen LogP contribution in [-0.4, -0.2) is 35.8 Å². The van der Waals surface area contributed by atoms with Crippen LogP contribution < -0.4 is 4.74 Å². The second kappa shape index (κ2) is 6.92. The Labute approximate surface area is 116 Å². The van der Waals surface area contributed by atoms with Crippen LogP contribution in [0.25, 0.3) is 0 Å². The molecule has 19 heavy (non-hydrogen) atoms. The highest BCUT2D eigenvalue weighted by atomic mass is 16.5. The Bertz CT molecular complexity index is 371. The minimum absolute atomic E-state index is 0.242. The molecule has 2 rings (SSSR count). The molecule has 1 N–H and O–H groups in total. The van der Waals surface area contributed by atoms with Gasteiger partial charge in [0.25, 0.3) is 0 Å². The fraction of sp³-hybridized carbons (Fsp3) is 0.625. The summed E-state index contributed by atoms with van der Waals surface area (Å²) in [6.45, 7) is 7.00. The predicted octanol–water partition coefficient (Wildman–Crippen LogP) is 2.68. The molecule has 1 aliphatic carbocycles. The molecule has 1 saturated carbocycles. The maximum absolute atomic E-state index is 9.10. The first-order valence-corrected chi connectivity index (χ1v) is 7.25. The second-order valence-corrected chi connectivity index (χ2v) is 5.77. The summed E-state index contributed by atoms with van der Waals surface area (Å²) in [7, 11) is 0. The van der Waals surface area contributed by atoms with Crippen LogP contribution in [0.1, 0.15) is 32.3 Å². The van der Waals surface area contributed by atoms with E-state index in [4.69, 9.17) is 9.84 Å². The minimum Gasteiger partial charge on any atom is -0.493 e. The normalized spacial score (nSPS) is 15.2. The summed E-state index contributed by atoms with van der Waals surface area (Å²) in [5.41, 5.74) is 1.29. The number of aliphatic hydroxyl groups excluding tert-OH is 1. The zero-order chi connectivity index (χ0) is 13.7. The van der Waals surface area contributed by atoms with Gasteiger partial charge in [-0.3, -0.25) is 4.90 Å². The second-order valence-electron chi connectivity index (χ2n) is 5.77. The van der Waals surface area contributed by atoms with Gasteiger partial charge < -0.3 is 9.84 Å². The van der Waals surface area contributed by atoms with Crippen molar-refractivity contribution in [1.82, 2.24) is 4.90 Å². The van der Waals surface area contributed by atoms with Gasteiger partial charge in [-0.2, -0.15) is 0 Å². The predicted molar refractivity (Wildman–Crippen MR) is 77.3 cm³/mol. The summed E-state index contributed by atoms with van der Waals surface area (Å²) >= 11 is 0. The van der Waals surface area contributed by atoms with Gasteiger partial charge in [0.05, 0.1) is 13.2 Å². The van der Waals surface area contributed by atoms with Crippen molar-refractivity contribution in [2.75, 3.05) is 19.8 Å². The third kappa shape index (κ3) is 4.84. The molecule has 0 heterocycles. The summed E-state index contributed by atoms with van der Waals surface area (Å²) in [6.07, 6.45) is 2.55. The maximum atomic E-state index is 9.10. The largest absolute Gasteiger partial charge is 0.493 e. The number of nitrogens with zero attached hydrogens (tertiary/aromatic N) is 1. The molecule has 0 amide bonds. The van der Waals surface area contributed by atoms with Crippen LogP contribution in [-0.2, 0) is 6.54 Å². The SMILES string of the molecule is CC(C)COc1ccc(CN(CCO)C2CC2)cc1. The Kier molecular flexibility index (Phi) is 5.23. The third-order valence-electron chi connectivity index (χ3n) is 3.34. The van der Waals surface area contributed by atoms with Crippen LogP contribution in [0.5, 0.6) is 5.75 Å². The fourth-order valence-electron chi connectivity index (χ4n) is 2.15. The highest BCUT2D eigenvalue weighted by Gasteiger charge is 2.28. The summed E-state index contributed by atoms with van der Waals surface area (Å²) < 4.78 is 5.68. The summed E-state index contributed by atoms with van der Waals surface area (Å²) in [6, 6.07) is 9.03. The van der Waals surface area contributed by atoms with Crippen molar-refractivity contribution >= 4 is 0 Å². The van der Waals surface area contributed by atoms with Crippen molar-refractivity contribution in [3.8, 4) is 5.75 Å². The number of rotatable bonds is 8. The lowest BCUT2D eigenvalue weighted by molar-refractivity contribution is 0.183. The van der Waals surface area contributed by atoms with Crippen molar-refractivity contribution in [3.63, 3.8) is 0 Å². The van der Waals surface area contributed by atoms with Crippen LogP contribution in [0.3, 0.4) is 0 Å². The molecule has 3 heteroatoms. The molecule has 0 aromatic heterocycles. The van der Waals surface area contributed by atoms with Gasteiger partial charge in [-0.1, -0.05) is 26.0 Å². The van der Waals surface area contributed by atoms with Gasteiger partial charge in [-0.25, -0.2) is 0 Å². The van der Waals surface area contributed by atoms with Crippen molar-refractivity contribution < 1.29 is 9.84 Å². The fourth-order valence-corrected chi connectivity index (χ4v) is 2.15. The van der Waals surface area contributed by atoms with E-state index in [9.17, 15) is 0 Å². The quantitative estimate of drug-likeness (QED) is 0.782.